The third-order valence-corrected chi connectivity index (χ3v) is 3.77. The van der Waals surface area contributed by atoms with E-state index in [1.807, 2.05) is 0 Å². The van der Waals surface area contributed by atoms with E-state index in [4.69, 9.17) is 0 Å². The van der Waals surface area contributed by atoms with Crippen LogP contribution in [0.25, 0.3) is 0 Å². The average Bonchev–Trinajstić information content (AvgIpc) is 2.77. The molecule has 4 nitrogen and oxygen atoms in total. The standard InChI is InChI=1S/C13H12BrF3N2O2/c1-2-8-7-12(21,13(15,16)17)19(18-8)11(20)9-5-3-4-6-10(9)14/h3-7,18,21H,2H2,1H3/t12-/m0/s1. The van der Waals surface area contributed by atoms with Gasteiger partial charge in [0.25, 0.3) is 11.6 Å². The number of carbonyl (C=O) groups is 1. The Hall–Kier alpha value is -1.54. The molecule has 0 radical (unpaired) electrons. The molecule has 0 spiro atoms. The summed E-state index contributed by atoms with van der Waals surface area (Å²) in [6.45, 7) is 1.61. The zero-order chi connectivity index (χ0) is 15.8. The second-order valence-electron chi connectivity index (χ2n) is 4.48. The van der Waals surface area contributed by atoms with Crippen LogP contribution in [0.1, 0.15) is 23.7 Å². The predicted molar refractivity (Wildman–Crippen MR) is 72.8 cm³/mol. The highest BCUT2D eigenvalue weighted by Gasteiger charge is 2.61. The molecule has 21 heavy (non-hydrogen) atoms. The second-order valence-corrected chi connectivity index (χ2v) is 5.33. The highest BCUT2D eigenvalue weighted by atomic mass is 79.9. The van der Waals surface area contributed by atoms with Gasteiger partial charge in [-0.1, -0.05) is 19.1 Å². The van der Waals surface area contributed by atoms with Crippen molar-refractivity contribution in [3.8, 4) is 0 Å². The molecule has 1 aromatic carbocycles. The fourth-order valence-electron chi connectivity index (χ4n) is 1.92. The first-order valence-electron chi connectivity index (χ1n) is 6.07. The van der Waals surface area contributed by atoms with Crippen LogP contribution in [0.15, 0.2) is 40.5 Å². The summed E-state index contributed by atoms with van der Waals surface area (Å²) in [7, 11) is 0. The Morgan fingerprint density at radius 1 is 1.43 bits per heavy atom. The first kappa shape index (κ1) is 15.8. The predicted octanol–water partition coefficient (Wildman–Crippen LogP) is 2.95. The molecule has 0 saturated heterocycles. The molecule has 0 unspecified atom stereocenters. The maximum atomic E-state index is 13.1. The number of carbonyl (C=O) groups excluding carboxylic acids is 1. The molecule has 2 N–H and O–H groups in total. The molecule has 1 aliphatic heterocycles. The lowest BCUT2D eigenvalue weighted by atomic mass is 10.1. The molecule has 0 aromatic heterocycles. The van der Waals surface area contributed by atoms with Crippen molar-refractivity contribution in [2.24, 2.45) is 0 Å². The molecule has 2 rings (SSSR count). The lowest BCUT2D eigenvalue weighted by Crippen LogP contribution is -2.60. The number of nitrogens with zero attached hydrogens (tertiary/aromatic N) is 1. The van der Waals surface area contributed by atoms with Crippen LogP contribution in [0.5, 0.6) is 0 Å². The van der Waals surface area contributed by atoms with Crippen LogP contribution in [-0.4, -0.2) is 27.9 Å². The maximum absolute atomic E-state index is 13.1. The van der Waals surface area contributed by atoms with Crippen molar-refractivity contribution in [1.82, 2.24) is 10.4 Å². The Kier molecular flexibility index (Phi) is 4.03. The van der Waals surface area contributed by atoms with Crippen LogP contribution in [-0.2, 0) is 0 Å². The van der Waals surface area contributed by atoms with Gasteiger partial charge in [-0.25, -0.2) is 5.01 Å². The summed E-state index contributed by atoms with van der Waals surface area (Å²) in [6, 6.07) is 6.05. The van der Waals surface area contributed by atoms with Crippen molar-refractivity contribution < 1.29 is 23.1 Å². The van der Waals surface area contributed by atoms with Crippen molar-refractivity contribution in [3.63, 3.8) is 0 Å². The molecular formula is C13H12BrF3N2O2. The van der Waals surface area contributed by atoms with Crippen molar-refractivity contribution in [2.45, 2.75) is 25.2 Å². The lowest BCUT2D eigenvalue weighted by molar-refractivity contribution is -0.283. The second kappa shape index (κ2) is 5.34. The first-order valence-corrected chi connectivity index (χ1v) is 6.86. The van der Waals surface area contributed by atoms with E-state index < -0.39 is 17.8 Å². The Labute approximate surface area is 127 Å². The number of nitrogens with one attached hydrogen (secondary N) is 1. The first-order chi connectivity index (χ1) is 9.70. The van der Waals surface area contributed by atoms with Crippen LogP contribution in [0, 0.1) is 0 Å². The minimum atomic E-state index is -5.02. The minimum Gasteiger partial charge on any atom is -0.359 e. The Balaban J connectivity index is 2.44. The van der Waals surface area contributed by atoms with E-state index in [2.05, 4.69) is 21.4 Å². The van der Waals surface area contributed by atoms with Gasteiger partial charge in [0.2, 0.25) is 0 Å². The SMILES string of the molecule is CCC1=C[C@](O)(C(F)(F)F)N(C(=O)c2ccccc2Br)N1. The lowest BCUT2D eigenvalue weighted by Gasteiger charge is -2.34. The fourth-order valence-corrected chi connectivity index (χ4v) is 2.37. The summed E-state index contributed by atoms with van der Waals surface area (Å²) >= 11 is 3.11. The van der Waals surface area contributed by atoms with E-state index in [0.29, 0.717) is 10.5 Å². The van der Waals surface area contributed by atoms with Gasteiger partial charge in [0.1, 0.15) is 0 Å². The molecule has 0 fully saturated rings. The Bertz CT molecular complexity index is 603. The molecule has 1 aliphatic rings. The summed E-state index contributed by atoms with van der Waals surface area (Å²) < 4.78 is 39.8. The molecule has 114 valence electrons. The normalized spacial score (nSPS) is 22.0. The number of hydrogen-bond donors (Lipinski definition) is 2. The fraction of sp³-hybridized carbons (Fsp3) is 0.308. The van der Waals surface area contributed by atoms with Gasteiger partial charge in [-0.05, 0) is 40.6 Å². The van der Waals surface area contributed by atoms with Gasteiger partial charge >= 0.3 is 6.18 Å². The number of hydrazine groups is 1. The average molecular weight is 365 g/mol. The highest BCUT2D eigenvalue weighted by molar-refractivity contribution is 9.10. The van der Waals surface area contributed by atoms with Gasteiger partial charge in [0.05, 0.1) is 5.56 Å². The molecular weight excluding hydrogens is 353 g/mol. The quantitative estimate of drug-likeness (QED) is 0.848. The van der Waals surface area contributed by atoms with Crippen LogP contribution in [0.2, 0.25) is 0 Å². The Morgan fingerprint density at radius 2 is 2.05 bits per heavy atom. The molecule has 1 heterocycles. The topological polar surface area (TPSA) is 52.6 Å². The van der Waals surface area contributed by atoms with Gasteiger partial charge in [-0.3, -0.25) is 10.2 Å². The van der Waals surface area contributed by atoms with Crippen molar-refractivity contribution in [2.75, 3.05) is 0 Å². The van der Waals surface area contributed by atoms with Gasteiger partial charge in [0.15, 0.2) is 0 Å². The van der Waals surface area contributed by atoms with E-state index in [9.17, 15) is 23.1 Å². The molecule has 1 amide bonds. The van der Waals surface area contributed by atoms with E-state index in [1.165, 1.54) is 18.2 Å². The maximum Gasteiger partial charge on any atom is 0.442 e. The van der Waals surface area contributed by atoms with E-state index in [1.54, 1.807) is 13.0 Å². The van der Waals surface area contributed by atoms with Gasteiger partial charge in [0, 0.05) is 10.2 Å². The summed E-state index contributed by atoms with van der Waals surface area (Å²) in [6.07, 6.45) is -4.19. The largest absolute Gasteiger partial charge is 0.442 e. The smallest absolute Gasteiger partial charge is 0.359 e. The third kappa shape index (κ3) is 2.65. The summed E-state index contributed by atoms with van der Waals surface area (Å²) in [5, 5.41) is 10.1. The molecule has 1 aromatic rings. The minimum absolute atomic E-state index is 0.0124. The number of halogens is 4. The van der Waals surface area contributed by atoms with Crippen LogP contribution >= 0.6 is 15.9 Å². The summed E-state index contributed by atoms with van der Waals surface area (Å²) in [5.41, 5.74) is -0.920. The third-order valence-electron chi connectivity index (χ3n) is 3.08. The Morgan fingerprint density at radius 3 is 2.57 bits per heavy atom. The summed E-state index contributed by atoms with van der Waals surface area (Å²) in [5.74, 6) is -0.984. The van der Waals surface area contributed by atoms with E-state index in [0.717, 1.165) is 0 Å². The number of alkyl halides is 3. The number of allylic oxidation sites excluding steroid dienone is 1. The summed E-state index contributed by atoms with van der Waals surface area (Å²) in [4.78, 5) is 12.3. The number of aliphatic hydroxyl groups is 1. The zero-order valence-electron chi connectivity index (χ0n) is 10.9. The van der Waals surface area contributed by atoms with Gasteiger partial charge in [-0.2, -0.15) is 13.2 Å². The molecule has 0 aliphatic carbocycles. The van der Waals surface area contributed by atoms with Gasteiger partial charge < -0.3 is 5.11 Å². The van der Waals surface area contributed by atoms with Crippen LogP contribution in [0.3, 0.4) is 0 Å². The highest BCUT2D eigenvalue weighted by Crippen LogP contribution is 2.39. The number of benzene rings is 1. The zero-order valence-corrected chi connectivity index (χ0v) is 12.5. The molecule has 1 atom stereocenters. The number of hydrogen-bond acceptors (Lipinski definition) is 3. The van der Waals surface area contributed by atoms with Crippen molar-refractivity contribution in [3.05, 3.63) is 46.1 Å². The number of rotatable bonds is 2. The number of amides is 1. The van der Waals surface area contributed by atoms with Crippen molar-refractivity contribution >= 4 is 21.8 Å². The monoisotopic (exact) mass is 364 g/mol. The van der Waals surface area contributed by atoms with Crippen LogP contribution < -0.4 is 5.43 Å². The van der Waals surface area contributed by atoms with E-state index in [-0.39, 0.29) is 22.7 Å². The van der Waals surface area contributed by atoms with E-state index >= 15 is 0 Å². The molecule has 0 bridgehead atoms. The van der Waals surface area contributed by atoms with Gasteiger partial charge in [-0.15, -0.1) is 0 Å². The van der Waals surface area contributed by atoms with Crippen LogP contribution in [0.4, 0.5) is 13.2 Å². The van der Waals surface area contributed by atoms with Crippen molar-refractivity contribution in [1.29, 1.82) is 0 Å². The molecule has 8 heteroatoms. The molecule has 0 saturated carbocycles.